The number of hydrogen-bond acceptors (Lipinski definition) is 4. The number of hydrogen-bond donors (Lipinski definition) is 0. The van der Waals surface area contributed by atoms with Gasteiger partial charge in [-0.25, -0.2) is 4.79 Å². The molecule has 0 aliphatic rings. The molecule has 0 aliphatic heterocycles. The van der Waals surface area contributed by atoms with Crippen LogP contribution in [0, 0.1) is 6.92 Å². The van der Waals surface area contributed by atoms with E-state index in [0.717, 1.165) is 17.9 Å². The van der Waals surface area contributed by atoms with Crippen LogP contribution >= 0.6 is 0 Å². The van der Waals surface area contributed by atoms with Gasteiger partial charge in [0.05, 0.1) is 13.2 Å². The Hall–Kier alpha value is -2.27. The number of carbonyl (C=O) groups excluding carboxylic acids is 1. The molecule has 2 rings (SSSR count). The van der Waals surface area contributed by atoms with Gasteiger partial charge in [-0.2, -0.15) is 0 Å². The molecule has 0 spiro atoms. The molecule has 0 saturated heterocycles. The molecule has 1 aromatic carbocycles. The molecule has 0 saturated carbocycles. The fourth-order valence-corrected chi connectivity index (χ4v) is 3.24. The normalized spacial score (nSPS) is 12.2. The molecule has 0 aliphatic carbocycles. The molecule has 0 amide bonds. The first-order valence-corrected chi connectivity index (χ1v) is 10.1. The Kier molecular flexibility index (Phi) is 8.58. The topological polar surface area (TPSA) is 49.7 Å². The van der Waals surface area contributed by atoms with Crippen molar-refractivity contribution in [1.82, 2.24) is 4.57 Å². The molecule has 0 radical (unpaired) electrons. The van der Waals surface area contributed by atoms with E-state index in [2.05, 4.69) is 37.5 Å². The Morgan fingerprint density at radius 3 is 2.36 bits per heavy atom. The summed E-state index contributed by atoms with van der Waals surface area (Å²) in [5, 5.41) is 0. The number of ether oxygens (including phenoxy) is 3. The monoisotopic (exact) mass is 387 g/mol. The number of aryl methyl sites for hydroxylation is 1. The summed E-state index contributed by atoms with van der Waals surface area (Å²) in [6.07, 6.45) is -0.0735. The maximum atomic E-state index is 12.0. The van der Waals surface area contributed by atoms with Gasteiger partial charge in [0.2, 0.25) is 0 Å². The van der Waals surface area contributed by atoms with E-state index in [0.29, 0.717) is 32.2 Å². The lowest BCUT2D eigenvalue weighted by atomic mass is 10.1. The van der Waals surface area contributed by atoms with Crippen LogP contribution in [0.1, 0.15) is 50.6 Å². The molecule has 0 N–H and O–H groups in total. The van der Waals surface area contributed by atoms with Gasteiger partial charge in [-0.15, -0.1) is 0 Å². The number of nitrogens with zero attached hydrogens (tertiary/aromatic N) is 1. The van der Waals surface area contributed by atoms with E-state index in [4.69, 9.17) is 14.2 Å². The zero-order valence-electron chi connectivity index (χ0n) is 17.7. The molecule has 154 valence electrons. The highest BCUT2D eigenvalue weighted by Gasteiger charge is 2.20. The van der Waals surface area contributed by atoms with Crippen LogP contribution in [0.25, 0.3) is 0 Å². The lowest BCUT2D eigenvalue weighted by molar-refractivity contribution is -0.156. The summed E-state index contributed by atoms with van der Waals surface area (Å²) in [6.45, 7) is 12.5. The van der Waals surface area contributed by atoms with E-state index in [1.54, 1.807) is 6.92 Å². The third kappa shape index (κ3) is 6.13. The standard InChI is InChI=1S/C23H33NO4/c1-6-26-22(23(25)27-7-2)16-19-9-11-20(12-10-19)28-15-14-24-18(5)8-13-21(24)17(3)4/h8-13,17,22H,6-7,14-16H2,1-5H3. The third-order valence-electron chi connectivity index (χ3n) is 4.67. The fraction of sp³-hybridized carbons (Fsp3) is 0.522. The van der Waals surface area contributed by atoms with Gasteiger partial charge in [0.15, 0.2) is 6.10 Å². The first-order chi connectivity index (χ1) is 13.5. The van der Waals surface area contributed by atoms with Gasteiger partial charge in [0, 0.05) is 24.4 Å². The first kappa shape index (κ1) is 22.0. The molecule has 28 heavy (non-hydrogen) atoms. The molecule has 1 atom stereocenters. The lowest BCUT2D eigenvalue weighted by Crippen LogP contribution is -2.28. The van der Waals surface area contributed by atoms with Gasteiger partial charge >= 0.3 is 5.97 Å². The van der Waals surface area contributed by atoms with E-state index in [1.807, 2.05) is 31.2 Å². The highest BCUT2D eigenvalue weighted by atomic mass is 16.6. The number of rotatable bonds is 11. The molecule has 2 aromatic rings. The maximum Gasteiger partial charge on any atom is 0.335 e. The zero-order valence-corrected chi connectivity index (χ0v) is 17.7. The van der Waals surface area contributed by atoms with Crippen molar-refractivity contribution in [3.05, 3.63) is 53.3 Å². The van der Waals surface area contributed by atoms with Crippen LogP contribution in [0.4, 0.5) is 0 Å². The predicted octanol–water partition coefficient (Wildman–Crippen LogP) is 4.51. The summed E-state index contributed by atoms with van der Waals surface area (Å²) in [7, 11) is 0. The Balaban J connectivity index is 1.90. The molecule has 0 bridgehead atoms. The highest BCUT2D eigenvalue weighted by molar-refractivity contribution is 5.75. The SMILES string of the molecule is CCOC(=O)C(Cc1ccc(OCCn2c(C)ccc2C(C)C)cc1)OCC. The van der Waals surface area contributed by atoms with Gasteiger partial charge in [0.1, 0.15) is 12.4 Å². The van der Waals surface area contributed by atoms with Crippen molar-refractivity contribution in [2.75, 3.05) is 19.8 Å². The highest BCUT2D eigenvalue weighted by Crippen LogP contribution is 2.19. The number of aromatic nitrogens is 1. The van der Waals surface area contributed by atoms with E-state index in [1.165, 1.54) is 11.4 Å². The average molecular weight is 388 g/mol. The molecule has 5 nitrogen and oxygen atoms in total. The van der Waals surface area contributed by atoms with Crippen molar-refractivity contribution in [2.45, 2.75) is 59.6 Å². The summed E-state index contributed by atoms with van der Waals surface area (Å²) in [5.74, 6) is 1.00. The smallest absolute Gasteiger partial charge is 0.335 e. The molecule has 1 aromatic heterocycles. The van der Waals surface area contributed by atoms with Crippen LogP contribution in [0.2, 0.25) is 0 Å². The van der Waals surface area contributed by atoms with E-state index >= 15 is 0 Å². The number of esters is 1. The van der Waals surface area contributed by atoms with Crippen molar-refractivity contribution in [1.29, 1.82) is 0 Å². The molecule has 0 fully saturated rings. The Labute approximate surface area is 168 Å². The fourth-order valence-electron chi connectivity index (χ4n) is 3.24. The number of carbonyl (C=O) groups is 1. The summed E-state index contributed by atoms with van der Waals surface area (Å²) in [4.78, 5) is 12.0. The van der Waals surface area contributed by atoms with E-state index in [9.17, 15) is 4.79 Å². The maximum absolute atomic E-state index is 12.0. The van der Waals surface area contributed by atoms with Crippen LogP contribution < -0.4 is 4.74 Å². The quantitative estimate of drug-likeness (QED) is 0.532. The van der Waals surface area contributed by atoms with Crippen LogP contribution in [-0.2, 0) is 27.2 Å². The molecule has 1 heterocycles. The van der Waals surface area contributed by atoms with Crippen molar-refractivity contribution in [2.24, 2.45) is 0 Å². The van der Waals surface area contributed by atoms with Crippen LogP contribution in [0.15, 0.2) is 36.4 Å². The van der Waals surface area contributed by atoms with Gasteiger partial charge in [-0.3, -0.25) is 0 Å². The van der Waals surface area contributed by atoms with Crippen LogP contribution in [0.5, 0.6) is 5.75 Å². The predicted molar refractivity (Wildman–Crippen MR) is 111 cm³/mol. The summed E-state index contributed by atoms with van der Waals surface area (Å²) in [6, 6.07) is 12.2. The second-order valence-electron chi connectivity index (χ2n) is 7.10. The second-order valence-corrected chi connectivity index (χ2v) is 7.10. The summed E-state index contributed by atoms with van der Waals surface area (Å²) >= 11 is 0. The summed E-state index contributed by atoms with van der Waals surface area (Å²) in [5.41, 5.74) is 3.60. The van der Waals surface area contributed by atoms with E-state index < -0.39 is 6.10 Å². The lowest BCUT2D eigenvalue weighted by Gasteiger charge is -2.16. The van der Waals surface area contributed by atoms with Crippen molar-refractivity contribution >= 4 is 5.97 Å². The van der Waals surface area contributed by atoms with Crippen molar-refractivity contribution < 1.29 is 19.0 Å². The Bertz CT molecular complexity index is 734. The third-order valence-corrected chi connectivity index (χ3v) is 4.67. The average Bonchev–Trinajstić information content (AvgIpc) is 3.04. The molecule has 5 heteroatoms. The van der Waals surface area contributed by atoms with Gasteiger partial charge < -0.3 is 18.8 Å². The van der Waals surface area contributed by atoms with Crippen LogP contribution in [-0.4, -0.2) is 36.5 Å². The minimum atomic E-state index is -0.567. The largest absolute Gasteiger partial charge is 0.492 e. The Morgan fingerprint density at radius 1 is 1.04 bits per heavy atom. The van der Waals surface area contributed by atoms with Crippen molar-refractivity contribution in [3.8, 4) is 5.75 Å². The summed E-state index contributed by atoms with van der Waals surface area (Å²) < 4.78 is 18.8. The molecular formula is C23H33NO4. The zero-order chi connectivity index (χ0) is 20.5. The van der Waals surface area contributed by atoms with Gasteiger partial charge in [-0.05, 0) is 56.5 Å². The van der Waals surface area contributed by atoms with Crippen molar-refractivity contribution in [3.63, 3.8) is 0 Å². The number of benzene rings is 1. The minimum Gasteiger partial charge on any atom is -0.492 e. The Morgan fingerprint density at radius 2 is 1.75 bits per heavy atom. The van der Waals surface area contributed by atoms with E-state index in [-0.39, 0.29) is 5.97 Å². The molecule has 1 unspecified atom stereocenters. The first-order valence-electron chi connectivity index (χ1n) is 10.1. The second kappa shape index (κ2) is 10.9. The minimum absolute atomic E-state index is 0.312. The van der Waals surface area contributed by atoms with Crippen LogP contribution in [0.3, 0.4) is 0 Å². The van der Waals surface area contributed by atoms with Gasteiger partial charge in [-0.1, -0.05) is 26.0 Å². The van der Waals surface area contributed by atoms with Gasteiger partial charge in [0.25, 0.3) is 0 Å². The molecular weight excluding hydrogens is 354 g/mol.